The third-order valence-corrected chi connectivity index (χ3v) is 5.14. The average Bonchev–Trinajstić information content (AvgIpc) is 2.71. The van der Waals surface area contributed by atoms with Gasteiger partial charge < -0.3 is 9.64 Å². The number of amides is 1. The third kappa shape index (κ3) is 5.46. The maximum absolute atomic E-state index is 12.8. The van der Waals surface area contributed by atoms with Gasteiger partial charge in [-0.15, -0.1) is 0 Å². The fraction of sp³-hybridized carbons (Fsp3) is 0.375. The highest BCUT2D eigenvalue weighted by Gasteiger charge is 2.25. The SMILES string of the molecule is Cc1ccc(O[C@H](C)C(=O)N2CCN(C/C=C/c3ccccc3)CC2)c(C)c1. The molecule has 0 radical (unpaired) electrons. The van der Waals surface area contributed by atoms with E-state index in [2.05, 4.69) is 42.2 Å². The van der Waals surface area contributed by atoms with Crippen molar-refractivity contribution in [2.75, 3.05) is 32.7 Å². The molecule has 28 heavy (non-hydrogen) atoms. The number of rotatable bonds is 6. The van der Waals surface area contributed by atoms with Crippen LogP contribution >= 0.6 is 0 Å². The molecule has 0 N–H and O–H groups in total. The molecular weight excluding hydrogens is 348 g/mol. The van der Waals surface area contributed by atoms with E-state index in [1.54, 1.807) is 0 Å². The van der Waals surface area contributed by atoms with E-state index in [0.29, 0.717) is 0 Å². The molecule has 1 heterocycles. The van der Waals surface area contributed by atoms with E-state index in [0.717, 1.165) is 44.0 Å². The van der Waals surface area contributed by atoms with Gasteiger partial charge in [-0.1, -0.05) is 60.2 Å². The molecule has 0 spiro atoms. The Hall–Kier alpha value is -2.59. The van der Waals surface area contributed by atoms with Crippen LogP contribution in [0.2, 0.25) is 0 Å². The molecule has 0 aliphatic carbocycles. The highest BCUT2D eigenvalue weighted by molar-refractivity contribution is 5.81. The van der Waals surface area contributed by atoms with E-state index in [9.17, 15) is 4.79 Å². The first-order chi connectivity index (χ1) is 13.5. The Labute approximate surface area is 168 Å². The highest BCUT2D eigenvalue weighted by Crippen LogP contribution is 2.20. The number of piperazine rings is 1. The van der Waals surface area contributed by atoms with Crippen LogP contribution in [0, 0.1) is 13.8 Å². The Morgan fingerprint density at radius 2 is 1.79 bits per heavy atom. The summed E-state index contributed by atoms with van der Waals surface area (Å²) in [7, 11) is 0. The van der Waals surface area contributed by atoms with Gasteiger partial charge in [0.15, 0.2) is 6.10 Å². The molecule has 1 amide bonds. The maximum atomic E-state index is 12.8. The van der Waals surface area contributed by atoms with Crippen molar-refractivity contribution in [3.8, 4) is 5.75 Å². The zero-order chi connectivity index (χ0) is 19.9. The minimum Gasteiger partial charge on any atom is -0.481 e. The standard InChI is InChI=1S/C24H30N2O2/c1-19-11-12-23(20(2)18-19)28-21(3)24(27)26-16-14-25(15-17-26)13-7-10-22-8-5-4-6-9-22/h4-12,18,21H,13-17H2,1-3H3/b10-7+/t21-/m1/s1. The van der Waals surface area contributed by atoms with Gasteiger partial charge in [0.25, 0.3) is 5.91 Å². The first kappa shape index (κ1) is 20.2. The second kappa shape index (κ2) is 9.56. The molecule has 1 aliphatic heterocycles. The molecule has 148 valence electrons. The zero-order valence-electron chi connectivity index (χ0n) is 17.1. The quantitative estimate of drug-likeness (QED) is 0.764. The van der Waals surface area contributed by atoms with Crippen LogP contribution in [0.1, 0.15) is 23.6 Å². The number of aryl methyl sites for hydroxylation is 2. The number of carbonyl (C=O) groups is 1. The summed E-state index contributed by atoms with van der Waals surface area (Å²) in [6.07, 6.45) is 3.88. The van der Waals surface area contributed by atoms with Crippen molar-refractivity contribution in [3.63, 3.8) is 0 Å². The minimum absolute atomic E-state index is 0.0689. The van der Waals surface area contributed by atoms with Crippen LogP contribution in [-0.2, 0) is 4.79 Å². The smallest absolute Gasteiger partial charge is 0.263 e. The van der Waals surface area contributed by atoms with Crippen LogP contribution in [0.5, 0.6) is 5.75 Å². The van der Waals surface area contributed by atoms with Crippen molar-refractivity contribution in [2.45, 2.75) is 26.9 Å². The van der Waals surface area contributed by atoms with E-state index in [-0.39, 0.29) is 5.91 Å². The zero-order valence-corrected chi connectivity index (χ0v) is 17.1. The summed E-state index contributed by atoms with van der Waals surface area (Å²) in [5.74, 6) is 0.857. The monoisotopic (exact) mass is 378 g/mol. The lowest BCUT2D eigenvalue weighted by Gasteiger charge is -2.35. The fourth-order valence-corrected chi connectivity index (χ4v) is 3.48. The van der Waals surface area contributed by atoms with Gasteiger partial charge in [-0.25, -0.2) is 0 Å². The first-order valence-electron chi connectivity index (χ1n) is 9.99. The number of hydrogen-bond acceptors (Lipinski definition) is 3. The maximum Gasteiger partial charge on any atom is 0.263 e. The summed E-state index contributed by atoms with van der Waals surface area (Å²) in [5.41, 5.74) is 3.48. The molecule has 4 heteroatoms. The van der Waals surface area contributed by atoms with Crippen LogP contribution in [0.4, 0.5) is 0 Å². The Kier molecular flexibility index (Phi) is 6.88. The average molecular weight is 379 g/mol. The molecule has 1 atom stereocenters. The summed E-state index contributed by atoms with van der Waals surface area (Å²) in [6.45, 7) is 10.1. The molecule has 0 aromatic heterocycles. The van der Waals surface area contributed by atoms with Gasteiger partial charge in [0.05, 0.1) is 0 Å². The van der Waals surface area contributed by atoms with Crippen molar-refractivity contribution in [1.82, 2.24) is 9.80 Å². The van der Waals surface area contributed by atoms with Crippen LogP contribution in [-0.4, -0.2) is 54.5 Å². The summed E-state index contributed by atoms with van der Waals surface area (Å²) in [6, 6.07) is 16.4. The molecule has 1 saturated heterocycles. The minimum atomic E-state index is -0.467. The fourth-order valence-electron chi connectivity index (χ4n) is 3.48. The van der Waals surface area contributed by atoms with Gasteiger partial charge in [0.1, 0.15) is 5.75 Å². The molecule has 0 saturated carbocycles. The summed E-state index contributed by atoms with van der Waals surface area (Å²) in [4.78, 5) is 17.1. The molecule has 2 aromatic carbocycles. The van der Waals surface area contributed by atoms with E-state index < -0.39 is 6.10 Å². The van der Waals surface area contributed by atoms with E-state index in [1.165, 1.54) is 11.1 Å². The topological polar surface area (TPSA) is 32.8 Å². The first-order valence-corrected chi connectivity index (χ1v) is 9.99. The Bertz CT molecular complexity index is 809. The van der Waals surface area contributed by atoms with Crippen molar-refractivity contribution in [3.05, 3.63) is 71.3 Å². The summed E-state index contributed by atoms with van der Waals surface area (Å²) < 4.78 is 5.94. The second-order valence-electron chi connectivity index (χ2n) is 7.47. The molecule has 1 aliphatic rings. The lowest BCUT2D eigenvalue weighted by atomic mass is 10.1. The number of carbonyl (C=O) groups excluding carboxylic acids is 1. The van der Waals surface area contributed by atoms with Crippen molar-refractivity contribution >= 4 is 12.0 Å². The van der Waals surface area contributed by atoms with E-state index in [1.807, 2.05) is 49.1 Å². The number of hydrogen-bond donors (Lipinski definition) is 0. The molecule has 2 aromatic rings. The van der Waals surface area contributed by atoms with E-state index in [4.69, 9.17) is 4.74 Å². The van der Waals surface area contributed by atoms with Gasteiger partial charge >= 0.3 is 0 Å². The van der Waals surface area contributed by atoms with Crippen molar-refractivity contribution < 1.29 is 9.53 Å². The summed E-state index contributed by atoms with van der Waals surface area (Å²) in [5, 5.41) is 0. The molecule has 0 unspecified atom stereocenters. The molecular formula is C24H30N2O2. The lowest BCUT2D eigenvalue weighted by molar-refractivity contribution is -0.139. The van der Waals surface area contributed by atoms with E-state index >= 15 is 0 Å². The van der Waals surface area contributed by atoms with Gasteiger partial charge in [0.2, 0.25) is 0 Å². The van der Waals surface area contributed by atoms with Crippen molar-refractivity contribution in [1.29, 1.82) is 0 Å². The molecule has 0 bridgehead atoms. The Morgan fingerprint density at radius 1 is 1.07 bits per heavy atom. The van der Waals surface area contributed by atoms with Gasteiger partial charge in [0, 0.05) is 32.7 Å². The van der Waals surface area contributed by atoms with Gasteiger partial charge in [-0.05, 0) is 38.0 Å². The third-order valence-electron chi connectivity index (χ3n) is 5.14. The van der Waals surface area contributed by atoms with Gasteiger partial charge in [-0.3, -0.25) is 9.69 Å². The Morgan fingerprint density at radius 3 is 2.46 bits per heavy atom. The predicted octanol–water partition coefficient (Wildman–Crippen LogP) is 3.93. The second-order valence-corrected chi connectivity index (χ2v) is 7.47. The number of nitrogens with zero attached hydrogens (tertiary/aromatic N) is 2. The molecule has 4 nitrogen and oxygen atoms in total. The number of ether oxygens (including phenoxy) is 1. The van der Waals surface area contributed by atoms with Crippen LogP contribution in [0.3, 0.4) is 0 Å². The lowest BCUT2D eigenvalue weighted by Crippen LogP contribution is -2.51. The molecule has 3 rings (SSSR count). The number of benzene rings is 2. The van der Waals surface area contributed by atoms with Crippen LogP contribution in [0.15, 0.2) is 54.6 Å². The predicted molar refractivity (Wildman–Crippen MR) is 115 cm³/mol. The van der Waals surface area contributed by atoms with Crippen LogP contribution < -0.4 is 4.74 Å². The normalized spacial score (nSPS) is 16.3. The summed E-state index contributed by atoms with van der Waals surface area (Å²) >= 11 is 0. The van der Waals surface area contributed by atoms with Crippen molar-refractivity contribution in [2.24, 2.45) is 0 Å². The van der Waals surface area contributed by atoms with Crippen LogP contribution in [0.25, 0.3) is 6.08 Å². The Balaban J connectivity index is 1.46. The molecule has 1 fully saturated rings. The largest absolute Gasteiger partial charge is 0.481 e. The van der Waals surface area contributed by atoms with Gasteiger partial charge in [-0.2, -0.15) is 0 Å². The highest BCUT2D eigenvalue weighted by atomic mass is 16.5.